The van der Waals surface area contributed by atoms with Crippen LogP contribution in [-0.2, 0) is 9.59 Å². The van der Waals surface area contributed by atoms with Crippen LogP contribution in [0, 0.1) is 0 Å². The van der Waals surface area contributed by atoms with Crippen molar-refractivity contribution in [3.8, 4) is 0 Å². The normalized spacial score (nSPS) is 18.4. The summed E-state index contributed by atoms with van der Waals surface area (Å²) >= 11 is 6.22. The highest BCUT2D eigenvalue weighted by Gasteiger charge is 2.38. The summed E-state index contributed by atoms with van der Waals surface area (Å²) in [5.74, 6) is -1.48. The van der Waals surface area contributed by atoms with Crippen molar-refractivity contribution in [1.29, 1.82) is 0 Å². The monoisotopic (exact) mass is 333 g/mol. The van der Waals surface area contributed by atoms with Gasteiger partial charge in [0.1, 0.15) is 15.9 Å². The van der Waals surface area contributed by atoms with Gasteiger partial charge in [-0.25, -0.2) is 4.79 Å². The molecule has 3 rings (SSSR count). The first kappa shape index (κ1) is 14.8. The molecule has 0 saturated carbocycles. The molecule has 5 nitrogen and oxygen atoms in total. The highest BCUT2D eigenvalue weighted by molar-refractivity contribution is 8.26. The molecule has 2 aromatic rings. The molecule has 1 aliphatic rings. The highest BCUT2D eigenvalue weighted by Crippen LogP contribution is 2.35. The number of aliphatic carboxylic acids is 1. The third-order valence-electron chi connectivity index (χ3n) is 3.37. The van der Waals surface area contributed by atoms with Crippen LogP contribution in [0.2, 0.25) is 0 Å². The summed E-state index contributed by atoms with van der Waals surface area (Å²) in [6, 6.07) is 6.49. The maximum absolute atomic E-state index is 12.4. The van der Waals surface area contributed by atoms with Gasteiger partial charge in [-0.1, -0.05) is 42.2 Å². The number of hydrogen-bond donors (Lipinski definition) is 1. The van der Waals surface area contributed by atoms with Crippen molar-refractivity contribution in [3.63, 3.8) is 0 Å². The Bertz CT molecular complexity index is 824. The first-order valence-electron chi connectivity index (χ1n) is 6.45. The van der Waals surface area contributed by atoms with E-state index in [4.69, 9.17) is 21.7 Å². The van der Waals surface area contributed by atoms with E-state index in [9.17, 15) is 9.59 Å². The number of nitrogens with zero attached hydrogens (tertiary/aromatic N) is 1. The highest BCUT2D eigenvalue weighted by atomic mass is 32.2. The lowest BCUT2D eigenvalue weighted by Crippen LogP contribution is -2.41. The number of furan rings is 1. The summed E-state index contributed by atoms with van der Waals surface area (Å²) < 4.78 is 5.68. The van der Waals surface area contributed by atoms with Crippen LogP contribution in [0.3, 0.4) is 0 Å². The SMILES string of the molecule is CC(C(=O)O)N1C(=O)/C(=C/c2coc3ccccc23)SC1=S. The van der Waals surface area contributed by atoms with Gasteiger partial charge in [-0.15, -0.1) is 0 Å². The van der Waals surface area contributed by atoms with Crippen molar-refractivity contribution in [1.82, 2.24) is 4.90 Å². The molecule has 1 atom stereocenters. The smallest absolute Gasteiger partial charge is 0.326 e. The van der Waals surface area contributed by atoms with E-state index in [1.165, 1.54) is 6.92 Å². The van der Waals surface area contributed by atoms with Crippen molar-refractivity contribution >= 4 is 57.2 Å². The molecule has 1 saturated heterocycles. The Kier molecular flexibility index (Phi) is 3.76. The summed E-state index contributed by atoms with van der Waals surface area (Å²) in [6.45, 7) is 1.43. The number of carboxylic acids is 1. The quantitative estimate of drug-likeness (QED) is 0.687. The van der Waals surface area contributed by atoms with E-state index in [2.05, 4.69) is 0 Å². The van der Waals surface area contributed by atoms with Gasteiger partial charge in [0, 0.05) is 10.9 Å². The van der Waals surface area contributed by atoms with Crippen molar-refractivity contribution in [2.24, 2.45) is 0 Å². The molecule has 0 spiro atoms. The van der Waals surface area contributed by atoms with E-state index >= 15 is 0 Å². The van der Waals surface area contributed by atoms with E-state index in [1.54, 1.807) is 12.3 Å². The molecule has 1 N–H and O–H groups in total. The summed E-state index contributed by atoms with van der Waals surface area (Å²) in [7, 11) is 0. The Morgan fingerprint density at radius 3 is 2.91 bits per heavy atom. The molecule has 7 heteroatoms. The van der Waals surface area contributed by atoms with Crippen LogP contribution < -0.4 is 0 Å². The van der Waals surface area contributed by atoms with Gasteiger partial charge in [-0.2, -0.15) is 0 Å². The van der Waals surface area contributed by atoms with Gasteiger partial charge in [0.25, 0.3) is 5.91 Å². The lowest BCUT2D eigenvalue weighted by molar-refractivity contribution is -0.144. The molecule has 1 aromatic heterocycles. The second-order valence-electron chi connectivity index (χ2n) is 4.75. The Morgan fingerprint density at radius 1 is 1.45 bits per heavy atom. The number of carbonyl (C=O) groups is 2. The molecule has 1 amide bonds. The van der Waals surface area contributed by atoms with Crippen LogP contribution in [0.25, 0.3) is 17.0 Å². The minimum atomic E-state index is -1.09. The molecule has 1 aliphatic heterocycles. The third-order valence-corrected chi connectivity index (χ3v) is 4.70. The molecular formula is C15H11NO4S2. The fraction of sp³-hybridized carbons (Fsp3) is 0.133. The summed E-state index contributed by atoms with van der Waals surface area (Å²) in [4.78, 5) is 25.0. The van der Waals surface area contributed by atoms with Crippen molar-refractivity contribution < 1.29 is 19.1 Å². The number of thiocarbonyl (C=S) groups is 1. The Morgan fingerprint density at radius 2 is 2.18 bits per heavy atom. The standard InChI is InChI=1S/C15H11NO4S2/c1-8(14(18)19)16-13(17)12(22-15(16)21)6-9-7-20-11-5-3-2-4-10(9)11/h2-8H,1H3,(H,18,19)/b12-6-. The largest absolute Gasteiger partial charge is 0.480 e. The Balaban J connectivity index is 1.98. The molecule has 112 valence electrons. The average molecular weight is 333 g/mol. The van der Waals surface area contributed by atoms with Gasteiger partial charge >= 0.3 is 5.97 Å². The zero-order valence-electron chi connectivity index (χ0n) is 11.5. The van der Waals surface area contributed by atoms with Crippen molar-refractivity contribution in [2.45, 2.75) is 13.0 Å². The molecule has 0 bridgehead atoms. The van der Waals surface area contributed by atoms with Gasteiger partial charge in [0.05, 0.1) is 11.2 Å². The fourth-order valence-electron chi connectivity index (χ4n) is 2.18. The van der Waals surface area contributed by atoms with Crippen LogP contribution in [-0.4, -0.2) is 32.2 Å². The maximum atomic E-state index is 12.4. The van der Waals surface area contributed by atoms with Crippen LogP contribution in [0.5, 0.6) is 0 Å². The topological polar surface area (TPSA) is 70.8 Å². The fourth-order valence-corrected chi connectivity index (χ4v) is 3.58. The van der Waals surface area contributed by atoms with E-state index < -0.39 is 17.9 Å². The van der Waals surface area contributed by atoms with Gasteiger partial charge in [0.2, 0.25) is 0 Å². The summed E-state index contributed by atoms with van der Waals surface area (Å²) in [6.07, 6.45) is 3.25. The Hall–Kier alpha value is -2.12. The minimum Gasteiger partial charge on any atom is -0.480 e. The lowest BCUT2D eigenvalue weighted by atomic mass is 10.1. The molecular weight excluding hydrogens is 322 g/mol. The van der Waals surface area contributed by atoms with Crippen molar-refractivity contribution in [2.75, 3.05) is 0 Å². The van der Waals surface area contributed by atoms with E-state index in [1.807, 2.05) is 24.3 Å². The van der Waals surface area contributed by atoms with Gasteiger partial charge in [0.15, 0.2) is 0 Å². The third kappa shape index (κ3) is 2.42. The predicted molar refractivity (Wildman–Crippen MR) is 88.3 cm³/mol. The van der Waals surface area contributed by atoms with Crippen LogP contribution in [0.4, 0.5) is 0 Å². The zero-order valence-corrected chi connectivity index (χ0v) is 13.1. The van der Waals surface area contributed by atoms with E-state index in [0.717, 1.165) is 33.2 Å². The predicted octanol–water partition coefficient (Wildman–Crippen LogP) is 3.11. The minimum absolute atomic E-state index is 0.249. The molecule has 2 heterocycles. The molecule has 1 fully saturated rings. The number of carboxylic acid groups (broad SMARTS) is 1. The number of fused-ring (bicyclic) bond motifs is 1. The number of carbonyl (C=O) groups excluding carboxylic acids is 1. The average Bonchev–Trinajstić information content (AvgIpc) is 3.01. The second kappa shape index (κ2) is 5.58. The molecule has 0 aliphatic carbocycles. The maximum Gasteiger partial charge on any atom is 0.326 e. The first-order chi connectivity index (χ1) is 10.5. The van der Waals surface area contributed by atoms with Gasteiger partial charge in [-0.3, -0.25) is 9.69 Å². The first-order valence-corrected chi connectivity index (χ1v) is 7.67. The molecule has 22 heavy (non-hydrogen) atoms. The van der Waals surface area contributed by atoms with Crippen molar-refractivity contribution in [3.05, 3.63) is 41.0 Å². The summed E-state index contributed by atoms with van der Waals surface area (Å²) in [5.41, 5.74) is 1.49. The van der Waals surface area contributed by atoms with E-state index in [0.29, 0.717) is 4.91 Å². The number of thioether (sulfide) groups is 1. The van der Waals surface area contributed by atoms with Crippen LogP contribution in [0.1, 0.15) is 12.5 Å². The van der Waals surface area contributed by atoms with Crippen LogP contribution >= 0.6 is 24.0 Å². The molecule has 1 unspecified atom stereocenters. The van der Waals surface area contributed by atoms with Gasteiger partial charge < -0.3 is 9.52 Å². The lowest BCUT2D eigenvalue weighted by Gasteiger charge is -2.18. The zero-order chi connectivity index (χ0) is 15.9. The molecule has 0 radical (unpaired) electrons. The molecule has 1 aromatic carbocycles. The van der Waals surface area contributed by atoms with Gasteiger partial charge in [-0.05, 0) is 19.1 Å². The number of para-hydroxylation sites is 1. The number of rotatable bonds is 3. The number of amides is 1. The Labute approximate surface area is 135 Å². The summed E-state index contributed by atoms with van der Waals surface area (Å²) in [5, 5.41) is 9.95. The number of hydrogen-bond acceptors (Lipinski definition) is 5. The second-order valence-corrected chi connectivity index (χ2v) is 6.43. The van der Waals surface area contributed by atoms with Crippen LogP contribution in [0.15, 0.2) is 39.9 Å². The number of benzene rings is 1. The van der Waals surface area contributed by atoms with E-state index in [-0.39, 0.29) is 4.32 Å².